The summed E-state index contributed by atoms with van der Waals surface area (Å²) in [5.41, 5.74) is 1.80. The van der Waals surface area contributed by atoms with Crippen LogP contribution in [0.25, 0.3) is 0 Å². The molecule has 1 aliphatic rings. The largest absolute Gasteiger partial charge is 0.343 e. The van der Waals surface area contributed by atoms with Crippen LogP contribution in [0.3, 0.4) is 0 Å². The van der Waals surface area contributed by atoms with Gasteiger partial charge in [-0.2, -0.15) is 0 Å². The molecule has 2 amide bonds. The first-order chi connectivity index (χ1) is 10.6. The number of thioether (sulfide) groups is 1. The number of para-hydroxylation sites is 1. The zero-order valence-electron chi connectivity index (χ0n) is 12.1. The maximum absolute atomic E-state index is 12.6. The molecule has 2 atom stereocenters. The van der Waals surface area contributed by atoms with Crippen LogP contribution in [-0.4, -0.2) is 17.9 Å². The zero-order chi connectivity index (χ0) is 15.5. The van der Waals surface area contributed by atoms with E-state index in [2.05, 4.69) is 10.6 Å². The maximum Gasteiger partial charge on any atom is 0.248 e. The molecular weight excluding hydrogens is 296 g/mol. The van der Waals surface area contributed by atoms with Gasteiger partial charge in [-0.1, -0.05) is 42.5 Å². The maximum atomic E-state index is 12.6. The van der Waals surface area contributed by atoms with Crippen molar-refractivity contribution >= 4 is 29.3 Å². The van der Waals surface area contributed by atoms with E-state index in [-0.39, 0.29) is 17.1 Å². The van der Waals surface area contributed by atoms with Gasteiger partial charge in [-0.25, -0.2) is 0 Å². The summed E-state index contributed by atoms with van der Waals surface area (Å²) in [6.45, 7) is 1.43. The van der Waals surface area contributed by atoms with Gasteiger partial charge < -0.3 is 10.6 Å². The third-order valence-electron chi connectivity index (χ3n) is 3.47. The summed E-state index contributed by atoms with van der Waals surface area (Å²) in [7, 11) is 0. The molecule has 2 aromatic carbocycles. The topological polar surface area (TPSA) is 58.2 Å². The lowest BCUT2D eigenvalue weighted by atomic mass is 10.0. The molecule has 0 saturated heterocycles. The van der Waals surface area contributed by atoms with Crippen LogP contribution in [0.5, 0.6) is 0 Å². The summed E-state index contributed by atoms with van der Waals surface area (Å²) < 4.78 is 0. The number of benzene rings is 2. The van der Waals surface area contributed by atoms with E-state index in [0.717, 1.165) is 16.1 Å². The number of hydrogen-bond acceptors (Lipinski definition) is 3. The fourth-order valence-electron chi connectivity index (χ4n) is 2.49. The minimum absolute atomic E-state index is 0.172. The molecule has 2 N–H and O–H groups in total. The number of fused-ring (bicyclic) bond motifs is 1. The number of nitrogens with one attached hydrogen (secondary N) is 2. The molecule has 0 unspecified atom stereocenters. The van der Waals surface area contributed by atoms with Crippen LogP contribution >= 0.6 is 11.8 Å². The molecule has 0 aliphatic carbocycles. The SMILES string of the molecule is CC(=O)N[C@H]1C(=O)Nc2ccccc2S[C@@H]1c1ccccc1. The quantitative estimate of drug-likeness (QED) is 0.896. The van der Waals surface area contributed by atoms with E-state index in [9.17, 15) is 9.59 Å². The highest BCUT2D eigenvalue weighted by atomic mass is 32.2. The molecular formula is C17H16N2O2S. The standard InChI is InChI=1S/C17H16N2O2S/c1-11(20)18-15-16(12-7-3-2-4-8-12)22-14-10-6-5-9-13(14)19-17(15)21/h2-10,15-16H,1H3,(H,18,20)(H,19,21)/t15-,16-/m1/s1. The summed E-state index contributed by atoms with van der Waals surface area (Å²) in [5.74, 6) is -0.408. The Morgan fingerprint density at radius 1 is 1.09 bits per heavy atom. The van der Waals surface area contributed by atoms with Crippen molar-refractivity contribution in [2.75, 3.05) is 5.32 Å². The van der Waals surface area contributed by atoms with Gasteiger partial charge in [-0.3, -0.25) is 9.59 Å². The first kappa shape index (κ1) is 14.7. The third kappa shape index (κ3) is 2.99. The lowest BCUT2D eigenvalue weighted by molar-refractivity contribution is -0.125. The first-order valence-electron chi connectivity index (χ1n) is 7.04. The van der Waals surface area contributed by atoms with Crippen molar-refractivity contribution < 1.29 is 9.59 Å². The number of carbonyl (C=O) groups is 2. The normalized spacial score (nSPS) is 20.5. The highest BCUT2D eigenvalue weighted by Crippen LogP contribution is 2.43. The van der Waals surface area contributed by atoms with Gasteiger partial charge in [0.25, 0.3) is 0 Å². The number of carbonyl (C=O) groups excluding carboxylic acids is 2. The lowest BCUT2D eigenvalue weighted by Gasteiger charge is -2.24. The molecule has 0 spiro atoms. The Labute approximate surface area is 133 Å². The summed E-state index contributed by atoms with van der Waals surface area (Å²) in [6, 6.07) is 16.8. The van der Waals surface area contributed by atoms with Crippen LogP contribution in [0.15, 0.2) is 59.5 Å². The Balaban J connectivity index is 2.04. The molecule has 4 nitrogen and oxygen atoms in total. The highest BCUT2D eigenvalue weighted by molar-refractivity contribution is 7.99. The van der Waals surface area contributed by atoms with Gasteiger partial charge in [0.2, 0.25) is 11.8 Å². The summed E-state index contributed by atoms with van der Waals surface area (Å²) in [6.07, 6.45) is 0. The molecule has 1 aliphatic heterocycles. The first-order valence-corrected chi connectivity index (χ1v) is 7.92. The predicted octanol–water partition coefficient (Wildman–Crippen LogP) is 2.98. The number of rotatable bonds is 2. The van der Waals surface area contributed by atoms with Crippen molar-refractivity contribution in [3.05, 3.63) is 60.2 Å². The zero-order valence-corrected chi connectivity index (χ0v) is 12.9. The minimum atomic E-state index is -0.614. The predicted molar refractivity (Wildman–Crippen MR) is 87.7 cm³/mol. The van der Waals surface area contributed by atoms with Gasteiger partial charge in [-0.05, 0) is 17.7 Å². The van der Waals surface area contributed by atoms with Crippen LogP contribution in [0.4, 0.5) is 5.69 Å². The molecule has 2 aromatic rings. The average Bonchev–Trinajstić information content (AvgIpc) is 2.65. The monoisotopic (exact) mass is 312 g/mol. The summed E-state index contributed by atoms with van der Waals surface area (Å²) >= 11 is 1.59. The summed E-state index contributed by atoms with van der Waals surface area (Å²) in [4.78, 5) is 25.1. The number of hydrogen-bond donors (Lipinski definition) is 2. The fraction of sp³-hybridized carbons (Fsp3) is 0.176. The van der Waals surface area contributed by atoms with Crippen LogP contribution < -0.4 is 10.6 Å². The van der Waals surface area contributed by atoms with E-state index in [1.165, 1.54) is 6.92 Å². The Bertz CT molecular complexity index is 703. The molecule has 22 heavy (non-hydrogen) atoms. The Hall–Kier alpha value is -2.27. The second kappa shape index (κ2) is 6.23. The van der Waals surface area contributed by atoms with E-state index < -0.39 is 6.04 Å². The number of anilines is 1. The molecule has 0 aromatic heterocycles. The van der Waals surface area contributed by atoms with Crippen LogP contribution in [-0.2, 0) is 9.59 Å². The van der Waals surface area contributed by atoms with Crippen LogP contribution in [0.2, 0.25) is 0 Å². The lowest BCUT2D eigenvalue weighted by Crippen LogP contribution is -2.45. The van der Waals surface area contributed by atoms with E-state index in [1.807, 2.05) is 54.6 Å². The van der Waals surface area contributed by atoms with Crippen molar-refractivity contribution in [2.45, 2.75) is 23.1 Å². The molecule has 3 rings (SSSR count). The Morgan fingerprint density at radius 2 is 1.77 bits per heavy atom. The molecule has 0 bridgehead atoms. The van der Waals surface area contributed by atoms with Crippen molar-refractivity contribution in [2.24, 2.45) is 0 Å². The van der Waals surface area contributed by atoms with Gasteiger partial charge in [0.15, 0.2) is 0 Å². The van der Waals surface area contributed by atoms with Crippen molar-refractivity contribution in [1.82, 2.24) is 5.32 Å². The van der Waals surface area contributed by atoms with Gasteiger partial charge in [0.1, 0.15) is 6.04 Å². The fourth-order valence-corrected chi connectivity index (χ4v) is 3.79. The molecule has 0 radical (unpaired) electrons. The molecule has 112 valence electrons. The second-order valence-electron chi connectivity index (χ2n) is 5.11. The molecule has 1 heterocycles. The van der Waals surface area contributed by atoms with E-state index in [0.29, 0.717) is 0 Å². The van der Waals surface area contributed by atoms with Gasteiger partial charge in [-0.15, -0.1) is 11.8 Å². The van der Waals surface area contributed by atoms with E-state index in [4.69, 9.17) is 0 Å². The second-order valence-corrected chi connectivity index (χ2v) is 6.30. The van der Waals surface area contributed by atoms with Gasteiger partial charge in [0, 0.05) is 11.8 Å². The van der Waals surface area contributed by atoms with Crippen LogP contribution in [0, 0.1) is 0 Å². The smallest absolute Gasteiger partial charge is 0.248 e. The Kier molecular flexibility index (Phi) is 4.15. The van der Waals surface area contributed by atoms with Crippen molar-refractivity contribution in [3.8, 4) is 0 Å². The van der Waals surface area contributed by atoms with Crippen LogP contribution in [0.1, 0.15) is 17.7 Å². The van der Waals surface area contributed by atoms with E-state index in [1.54, 1.807) is 11.8 Å². The van der Waals surface area contributed by atoms with Gasteiger partial charge >= 0.3 is 0 Å². The van der Waals surface area contributed by atoms with Crippen molar-refractivity contribution in [1.29, 1.82) is 0 Å². The molecule has 0 fully saturated rings. The van der Waals surface area contributed by atoms with E-state index >= 15 is 0 Å². The highest BCUT2D eigenvalue weighted by Gasteiger charge is 2.34. The third-order valence-corrected chi connectivity index (χ3v) is 4.88. The van der Waals surface area contributed by atoms with Gasteiger partial charge in [0.05, 0.1) is 10.9 Å². The minimum Gasteiger partial charge on any atom is -0.343 e. The molecule has 5 heteroatoms. The number of amides is 2. The Morgan fingerprint density at radius 3 is 2.50 bits per heavy atom. The molecule has 0 saturated carbocycles. The van der Waals surface area contributed by atoms with Crippen molar-refractivity contribution in [3.63, 3.8) is 0 Å². The average molecular weight is 312 g/mol. The summed E-state index contributed by atoms with van der Waals surface area (Å²) in [5, 5.41) is 5.51.